The summed E-state index contributed by atoms with van der Waals surface area (Å²) >= 11 is 0. The van der Waals surface area contributed by atoms with Crippen LogP contribution in [0.4, 0.5) is 0 Å². The number of aliphatic hydroxyl groups excluding tert-OH is 6. The van der Waals surface area contributed by atoms with Gasteiger partial charge in [0.05, 0.1) is 0 Å². The predicted molar refractivity (Wildman–Crippen MR) is 92.7 cm³/mol. The molecule has 0 saturated heterocycles. The summed E-state index contributed by atoms with van der Waals surface area (Å²) in [5, 5.41) is 97.6. The molecule has 6 atom stereocenters. The van der Waals surface area contributed by atoms with Crippen molar-refractivity contribution in [2.24, 2.45) is 0 Å². The van der Waals surface area contributed by atoms with Crippen molar-refractivity contribution in [3.8, 4) is 0 Å². The standard InChI is InChI=1S/3C4H6O6.3H2O.2Yb/c3*5-1(3(7)8)2(6)4(9)10;;;;;/h3*1-2,5-6H,(H,7,8)(H,9,10);3*1H2;;. The van der Waals surface area contributed by atoms with E-state index in [1.807, 2.05) is 0 Å². The van der Waals surface area contributed by atoms with Gasteiger partial charge in [0.1, 0.15) is 0 Å². The molecule has 0 aromatic rings. The van der Waals surface area contributed by atoms with E-state index in [-0.39, 0.29) is 110 Å². The van der Waals surface area contributed by atoms with Crippen LogP contribution in [-0.4, -0.2) is 150 Å². The monoisotopic (exact) mass is 852 g/mol. The molecule has 0 rings (SSSR count). The first kappa shape index (κ1) is 55.1. The first-order valence-electron chi connectivity index (χ1n) is 6.85. The molecular weight excluding hydrogens is 826 g/mol. The maximum absolute atomic E-state index is 9.77. The fraction of sp³-hybridized carbons (Fsp3) is 0.500. The number of carboxylic acid groups (broad SMARTS) is 6. The summed E-state index contributed by atoms with van der Waals surface area (Å²) in [7, 11) is 0. The van der Waals surface area contributed by atoms with E-state index in [4.69, 9.17) is 61.3 Å². The van der Waals surface area contributed by atoms with Crippen molar-refractivity contribution in [2.45, 2.75) is 36.6 Å². The summed E-state index contributed by atoms with van der Waals surface area (Å²) in [5.41, 5.74) is 0. The van der Waals surface area contributed by atoms with Gasteiger partial charge in [0, 0.05) is 93.8 Å². The van der Waals surface area contributed by atoms with Crippen LogP contribution >= 0.6 is 0 Å². The van der Waals surface area contributed by atoms with Crippen LogP contribution in [0.5, 0.6) is 0 Å². The molecule has 6 unspecified atom stereocenters. The normalized spacial score (nSPS) is 13.5. The van der Waals surface area contributed by atoms with Crippen LogP contribution in [0.3, 0.4) is 0 Å². The summed E-state index contributed by atoms with van der Waals surface area (Å²) in [6.45, 7) is 0. The minimum atomic E-state index is -2.27. The first-order valence-corrected chi connectivity index (χ1v) is 6.85. The molecule has 0 aromatic heterocycles. The third kappa shape index (κ3) is 26.4. The van der Waals surface area contributed by atoms with Crippen molar-refractivity contribution in [2.75, 3.05) is 0 Å². The molecule has 0 aliphatic rings. The SMILES string of the molecule is O.O.O.O=C(O)C(O)C(O)C(=O)O.O=C(O)C(O)C(O)C(=O)O.O=C(O)C(O)C(O)C(=O)O.[Yb].[Yb]. The molecule has 23 heteroatoms. The van der Waals surface area contributed by atoms with Gasteiger partial charge in [-0.1, -0.05) is 0 Å². The molecule has 226 valence electrons. The van der Waals surface area contributed by atoms with Gasteiger partial charge in [-0.15, -0.1) is 0 Å². The quantitative estimate of drug-likeness (QED) is 0.102. The molecule has 0 aliphatic carbocycles. The Balaban J connectivity index is -0.0000000486. The van der Waals surface area contributed by atoms with Crippen LogP contribution in [0, 0.1) is 93.8 Å². The van der Waals surface area contributed by atoms with Gasteiger partial charge < -0.3 is 77.7 Å². The number of rotatable bonds is 9. The average molecular weight is 850 g/mol. The molecule has 21 nitrogen and oxygen atoms in total. The molecule has 18 N–H and O–H groups in total. The van der Waals surface area contributed by atoms with Crippen LogP contribution in [0.2, 0.25) is 0 Å². The maximum Gasteiger partial charge on any atom is 0.335 e. The van der Waals surface area contributed by atoms with Crippen molar-refractivity contribution in [1.29, 1.82) is 0 Å². The van der Waals surface area contributed by atoms with Gasteiger partial charge in [0.15, 0.2) is 36.6 Å². The van der Waals surface area contributed by atoms with Crippen molar-refractivity contribution in [1.82, 2.24) is 0 Å². The van der Waals surface area contributed by atoms with Crippen LogP contribution < -0.4 is 0 Å². The Hall–Kier alpha value is -0.501. The summed E-state index contributed by atoms with van der Waals surface area (Å²) in [6, 6.07) is 0. The Morgan fingerprint density at radius 2 is 0.371 bits per heavy atom. The molecular formula is C12H24O21Yb2. The average Bonchev–Trinajstić information content (AvgIpc) is 2.64. The third-order valence-electron chi connectivity index (χ3n) is 2.42. The summed E-state index contributed by atoms with van der Waals surface area (Å²) in [5.74, 6) is -10.6. The third-order valence-corrected chi connectivity index (χ3v) is 2.42. The van der Waals surface area contributed by atoms with Crippen molar-refractivity contribution in [3.05, 3.63) is 0 Å². The molecule has 0 aliphatic heterocycles. The minimum absolute atomic E-state index is 0. The molecule has 0 heterocycles. The second-order valence-corrected chi connectivity index (χ2v) is 4.70. The van der Waals surface area contributed by atoms with Crippen molar-refractivity contribution < 1.29 is 200 Å². The largest absolute Gasteiger partial charge is 0.479 e. The Kier molecular flexibility index (Phi) is 44.2. The summed E-state index contributed by atoms with van der Waals surface area (Å²) in [4.78, 5) is 58.6. The van der Waals surface area contributed by atoms with Crippen LogP contribution in [0.1, 0.15) is 0 Å². The van der Waals surface area contributed by atoms with Crippen molar-refractivity contribution >= 4 is 35.8 Å². The van der Waals surface area contributed by atoms with E-state index in [0.29, 0.717) is 0 Å². The molecule has 0 amide bonds. The zero-order valence-electron chi connectivity index (χ0n) is 16.3. The van der Waals surface area contributed by atoms with Gasteiger partial charge in [-0.3, -0.25) is 0 Å². The Morgan fingerprint density at radius 1 is 0.314 bits per heavy atom. The number of hydrogen-bond acceptors (Lipinski definition) is 12. The molecule has 0 radical (unpaired) electrons. The van der Waals surface area contributed by atoms with E-state index >= 15 is 0 Å². The fourth-order valence-corrected chi connectivity index (χ4v) is 0.810. The molecule has 0 aromatic carbocycles. The van der Waals surface area contributed by atoms with E-state index in [1.54, 1.807) is 0 Å². The van der Waals surface area contributed by atoms with Gasteiger partial charge in [0.2, 0.25) is 0 Å². The smallest absolute Gasteiger partial charge is 0.335 e. The summed E-state index contributed by atoms with van der Waals surface area (Å²) < 4.78 is 0. The zero-order chi connectivity index (χ0) is 24.9. The Bertz CT molecular complexity index is 500. The molecule has 0 bridgehead atoms. The minimum Gasteiger partial charge on any atom is -0.479 e. The van der Waals surface area contributed by atoms with Gasteiger partial charge in [0.25, 0.3) is 0 Å². The van der Waals surface area contributed by atoms with Gasteiger partial charge >= 0.3 is 35.8 Å². The number of carboxylic acids is 6. The molecule has 0 spiro atoms. The summed E-state index contributed by atoms with van der Waals surface area (Å²) in [6.07, 6.45) is -13.6. The molecule has 0 saturated carbocycles. The van der Waals surface area contributed by atoms with E-state index in [2.05, 4.69) is 0 Å². The fourth-order valence-electron chi connectivity index (χ4n) is 0.810. The van der Waals surface area contributed by atoms with E-state index in [9.17, 15) is 28.8 Å². The Labute approximate surface area is 269 Å². The molecule has 35 heavy (non-hydrogen) atoms. The van der Waals surface area contributed by atoms with Gasteiger partial charge in [-0.05, 0) is 0 Å². The number of aliphatic carboxylic acids is 6. The number of carbonyl (C=O) groups is 6. The van der Waals surface area contributed by atoms with Crippen LogP contribution in [-0.2, 0) is 28.8 Å². The van der Waals surface area contributed by atoms with Crippen LogP contribution in [0.15, 0.2) is 0 Å². The second kappa shape index (κ2) is 28.1. The Morgan fingerprint density at radius 3 is 0.400 bits per heavy atom. The number of aliphatic hydroxyl groups is 6. The van der Waals surface area contributed by atoms with Crippen molar-refractivity contribution in [3.63, 3.8) is 0 Å². The van der Waals surface area contributed by atoms with E-state index in [1.165, 1.54) is 0 Å². The topological polar surface area (TPSA) is 440 Å². The van der Waals surface area contributed by atoms with E-state index in [0.717, 1.165) is 0 Å². The maximum atomic E-state index is 9.77. The van der Waals surface area contributed by atoms with E-state index < -0.39 is 72.4 Å². The predicted octanol–water partition coefficient (Wildman–Crippen LogP) is -8.84. The van der Waals surface area contributed by atoms with Gasteiger partial charge in [-0.2, -0.15) is 0 Å². The molecule has 0 fully saturated rings. The van der Waals surface area contributed by atoms with Crippen LogP contribution in [0.25, 0.3) is 0 Å². The van der Waals surface area contributed by atoms with Gasteiger partial charge in [-0.25, -0.2) is 28.8 Å². The zero-order valence-corrected chi connectivity index (χ0v) is 19.7. The first-order chi connectivity index (χ1) is 13.4. The number of hydrogen-bond donors (Lipinski definition) is 12. The second-order valence-electron chi connectivity index (χ2n) is 4.70.